The first-order chi connectivity index (χ1) is 31.8. The van der Waals surface area contributed by atoms with Crippen LogP contribution in [0.3, 0.4) is 0 Å². The molecule has 1 aromatic heterocycles. The predicted molar refractivity (Wildman–Crippen MR) is 273 cm³/mol. The molecule has 302 valence electrons. The van der Waals surface area contributed by atoms with Gasteiger partial charge in [-0.3, -0.25) is 0 Å². The Hall–Kier alpha value is -8.20. The van der Waals surface area contributed by atoms with Crippen molar-refractivity contribution in [3.05, 3.63) is 248 Å². The molecule has 1 heterocycles. The quantitative estimate of drug-likeness (QED) is 0.139. The maximum absolute atomic E-state index is 2.39. The summed E-state index contributed by atoms with van der Waals surface area (Å²) in [7, 11) is 0. The van der Waals surface area contributed by atoms with Crippen LogP contribution in [0.2, 0.25) is 0 Å². The van der Waals surface area contributed by atoms with Gasteiger partial charge in [0.25, 0.3) is 0 Å². The minimum Gasteiger partial charge on any atom is -0.311 e. The van der Waals surface area contributed by atoms with Crippen LogP contribution in [0.1, 0.15) is 12.8 Å². The van der Waals surface area contributed by atoms with Crippen molar-refractivity contribution in [2.45, 2.75) is 12.8 Å². The van der Waals surface area contributed by atoms with Crippen molar-refractivity contribution in [3.63, 3.8) is 0 Å². The van der Waals surface area contributed by atoms with Gasteiger partial charge in [-0.1, -0.05) is 182 Å². The molecule has 0 saturated carbocycles. The van der Waals surface area contributed by atoms with Crippen molar-refractivity contribution in [2.24, 2.45) is 0 Å². The van der Waals surface area contributed by atoms with Crippen LogP contribution < -0.4 is 4.90 Å². The maximum atomic E-state index is 2.39. The first kappa shape index (κ1) is 37.6. The number of aromatic nitrogens is 1. The second kappa shape index (κ2) is 15.9. The summed E-state index contributed by atoms with van der Waals surface area (Å²) in [5, 5.41) is 7.60. The Bertz CT molecular complexity index is 3500. The molecule has 0 unspecified atom stereocenters. The lowest BCUT2D eigenvalue weighted by atomic mass is 9.86. The third-order valence-electron chi connectivity index (χ3n) is 13.0. The molecule has 0 atom stereocenters. The minimum absolute atomic E-state index is 1.03. The molecule has 10 aromatic carbocycles. The van der Waals surface area contributed by atoms with Gasteiger partial charge in [-0.05, 0) is 140 Å². The zero-order valence-electron chi connectivity index (χ0n) is 35.4. The van der Waals surface area contributed by atoms with Gasteiger partial charge in [-0.25, -0.2) is 0 Å². The lowest BCUT2D eigenvalue weighted by molar-refractivity contribution is 0.997. The van der Waals surface area contributed by atoms with Crippen LogP contribution in [0.5, 0.6) is 0 Å². The lowest BCUT2D eigenvalue weighted by Gasteiger charge is -2.28. The van der Waals surface area contributed by atoms with Crippen molar-refractivity contribution >= 4 is 54.7 Å². The number of rotatable bonds is 8. The number of para-hydroxylation sites is 2. The van der Waals surface area contributed by atoms with Crippen LogP contribution in [0.4, 0.5) is 11.4 Å². The second-order valence-electron chi connectivity index (χ2n) is 16.7. The molecule has 0 radical (unpaired) electrons. The highest BCUT2D eigenvalue weighted by molar-refractivity contribution is 6.21. The Morgan fingerprint density at radius 1 is 0.328 bits per heavy atom. The SMILES string of the molecule is C1=CC(N(c2ccc(-c3ccc(-c4c5ccccc5c(-c5ccccc5)c5ccccc45)cc3)cc2)c2ccc(-c3ccc4c(c3)c3ccccc3n4-c3ccccc3)cc2)=CCC1. The van der Waals surface area contributed by atoms with Crippen molar-refractivity contribution in [1.29, 1.82) is 0 Å². The fourth-order valence-corrected chi connectivity index (χ4v) is 10.0. The highest BCUT2D eigenvalue weighted by Gasteiger charge is 2.19. The van der Waals surface area contributed by atoms with E-state index >= 15 is 0 Å². The molecule has 0 spiro atoms. The topological polar surface area (TPSA) is 8.17 Å². The summed E-state index contributed by atoms with van der Waals surface area (Å²) in [5.41, 5.74) is 16.9. The number of anilines is 2. The number of allylic oxidation sites excluding steroid dienone is 3. The third-order valence-corrected chi connectivity index (χ3v) is 13.0. The maximum Gasteiger partial charge on any atom is 0.0541 e. The molecule has 1 aliphatic carbocycles. The number of hydrogen-bond donors (Lipinski definition) is 0. The summed E-state index contributed by atoms with van der Waals surface area (Å²) in [6.45, 7) is 0. The highest BCUT2D eigenvalue weighted by Crippen LogP contribution is 2.44. The number of nitrogens with zero attached hydrogens (tertiary/aromatic N) is 2. The average Bonchev–Trinajstić information content (AvgIpc) is 3.71. The van der Waals surface area contributed by atoms with Crippen LogP contribution in [0.15, 0.2) is 248 Å². The molecular formula is C62H44N2. The minimum atomic E-state index is 1.03. The molecule has 11 aromatic rings. The first-order valence-corrected chi connectivity index (χ1v) is 22.3. The van der Waals surface area contributed by atoms with E-state index in [0.717, 1.165) is 24.2 Å². The van der Waals surface area contributed by atoms with Crippen LogP contribution in [0.25, 0.3) is 93.5 Å². The molecule has 0 aliphatic heterocycles. The lowest BCUT2D eigenvalue weighted by Crippen LogP contribution is -2.16. The summed E-state index contributed by atoms with van der Waals surface area (Å²) in [6.07, 6.45) is 9.00. The Morgan fingerprint density at radius 2 is 0.766 bits per heavy atom. The summed E-state index contributed by atoms with van der Waals surface area (Å²) in [4.78, 5) is 2.39. The third kappa shape index (κ3) is 6.51. The smallest absolute Gasteiger partial charge is 0.0541 e. The zero-order chi connectivity index (χ0) is 42.4. The Kier molecular flexibility index (Phi) is 9.34. The van der Waals surface area contributed by atoms with Gasteiger partial charge in [0.1, 0.15) is 0 Å². The highest BCUT2D eigenvalue weighted by atomic mass is 15.1. The van der Waals surface area contributed by atoms with Gasteiger partial charge in [0, 0.05) is 33.5 Å². The van der Waals surface area contributed by atoms with E-state index < -0.39 is 0 Å². The summed E-state index contributed by atoms with van der Waals surface area (Å²) < 4.78 is 2.37. The van der Waals surface area contributed by atoms with Crippen LogP contribution in [-0.4, -0.2) is 4.57 Å². The van der Waals surface area contributed by atoms with Gasteiger partial charge < -0.3 is 9.47 Å². The molecule has 2 heteroatoms. The monoisotopic (exact) mass is 816 g/mol. The van der Waals surface area contributed by atoms with Crippen molar-refractivity contribution in [3.8, 4) is 50.2 Å². The normalized spacial score (nSPS) is 12.6. The molecule has 12 rings (SSSR count). The van der Waals surface area contributed by atoms with E-state index in [1.54, 1.807) is 0 Å². The summed E-state index contributed by atoms with van der Waals surface area (Å²) in [5.74, 6) is 0. The summed E-state index contributed by atoms with van der Waals surface area (Å²) in [6, 6.07) is 82.1. The van der Waals surface area contributed by atoms with E-state index in [9.17, 15) is 0 Å². The Morgan fingerprint density at radius 3 is 1.33 bits per heavy atom. The van der Waals surface area contributed by atoms with E-state index in [1.807, 2.05) is 0 Å². The van der Waals surface area contributed by atoms with Gasteiger partial charge in [-0.15, -0.1) is 0 Å². The number of benzene rings is 10. The summed E-state index contributed by atoms with van der Waals surface area (Å²) >= 11 is 0. The molecule has 0 bridgehead atoms. The van der Waals surface area contributed by atoms with E-state index in [4.69, 9.17) is 0 Å². The van der Waals surface area contributed by atoms with Gasteiger partial charge in [0.2, 0.25) is 0 Å². The van der Waals surface area contributed by atoms with E-state index in [1.165, 1.54) is 99.2 Å². The Balaban J connectivity index is 0.865. The second-order valence-corrected chi connectivity index (χ2v) is 16.7. The zero-order valence-corrected chi connectivity index (χ0v) is 35.4. The average molecular weight is 817 g/mol. The van der Waals surface area contributed by atoms with Gasteiger partial charge in [0.15, 0.2) is 0 Å². The van der Waals surface area contributed by atoms with Gasteiger partial charge in [-0.2, -0.15) is 0 Å². The molecule has 0 N–H and O–H groups in total. The van der Waals surface area contributed by atoms with Crippen molar-refractivity contribution < 1.29 is 0 Å². The Labute approximate surface area is 373 Å². The molecule has 0 saturated heterocycles. The van der Waals surface area contributed by atoms with Crippen molar-refractivity contribution in [1.82, 2.24) is 4.57 Å². The standard InChI is InChI=1S/C62H44N2/c1-4-16-46(17-5-1)61-54-23-10-12-25-56(54)62(57-26-13-11-24-55(57)61)47-30-28-43(29-31-47)44-32-37-51(38-33-44)63(49-18-6-2-7-19-49)52-39-34-45(35-40-52)48-36-41-60-58(42-48)53-22-14-15-27-59(53)64(60)50-20-8-3-9-21-50/h1,3-6,8-42H,2,7H2. The van der Waals surface area contributed by atoms with E-state index in [0.29, 0.717) is 0 Å². The van der Waals surface area contributed by atoms with E-state index in [-0.39, 0.29) is 0 Å². The number of fused-ring (bicyclic) bond motifs is 5. The molecule has 0 amide bonds. The number of hydrogen-bond acceptors (Lipinski definition) is 1. The molecule has 1 aliphatic rings. The fourth-order valence-electron chi connectivity index (χ4n) is 10.0. The fraction of sp³-hybridized carbons (Fsp3) is 0.0323. The van der Waals surface area contributed by atoms with Crippen molar-refractivity contribution in [2.75, 3.05) is 4.90 Å². The van der Waals surface area contributed by atoms with Crippen LogP contribution in [0, 0.1) is 0 Å². The first-order valence-electron chi connectivity index (χ1n) is 22.3. The van der Waals surface area contributed by atoms with Gasteiger partial charge in [0.05, 0.1) is 11.0 Å². The predicted octanol–water partition coefficient (Wildman–Crippen LogP) is 17.1. The molecule has 0 fully saturated rings. The largest absolute Gasteiger partial charge is 0.311 e. The van der Waals surface area contributed by atoms with Crippen LogP contribution in [-0.2, 0) is 0 Å². The van der Waals surface area contributed by atoms with Gasteiger partial charge >= 0.3 is 0 Å². The molecule has 2 nitrogen and oxygen atoms in total. The van der Waals surface area contributed by atoms with Crippen LogP contribution >= 0.6 is 0 Å². The molecular weight excluding hydrogens is 773 g/mol. The molecule has 64 heavy (non-hydrogen) atoms. The van der Waals surface area contributed by atoms with E-state index in [2.05, 4.69) is 252 Å².